The summed E-state index contributed by atoms with van der Waals surface area (Å²) in [5, 5.41) is 8.89. The van der Waals surface area contributed by atoms with E-state index in [1.165, 1.54) is 0 Å². The molecule has 4 nitrogen and oxygen atoms in total. The van der Waals surface area contributed by atoms with E-state index in [0.717, 1.165) is 22.9 Å². The molecule has 0 saturated carbocycles. The average Bonchev–Trinajstić information content (AvgIpc) is 2.65. The molecular weight excluding hydrogens is 212 g/mol. The quantitative estimate of drug-likeness (QED) is 0.842. The third-order valence-electron chi connectivity index (χ3n) is 1.98. The first kappa shape index (κ1) is 9.79. The van der Waals surface area contributed by atoms with E-state index in [-0.39, 0.29) is 5.69 Å². The molecule has 1 N–H and O–H groups in total. The normalized spacial score (nSPS) is 10.2. The van der Waals surface area contributed by atoms with Crippen LogP contribution in [-0.2, 0) is 0 Å². The molecule has 0 atom stereocenters. The summed E-state index contributed by atoms with van der Waals surface area (Å²) in [6.07, 6.45) is 0. The van der Waals surface area contributed by atoms with Crippen molar-refractivity contribution in [1.29, 1.82) is 0 Å². The monoisotopic (exact) mass is 220 g/mol. The number of benzene rings is 1. The molecule has 0 radical (unpaired) electrons. The van der Waals surface area contributed by atoms with Crippen LogP contribution in [0.4, 0.5) is 0 Å². The molecule has 2 rings (SSSR count). The number of nitrogens with zero attached hydrogens (tertiary/aromatic N) is 2. The summed E-state index contributed by atoms with van der Waals surface area (Å²) in [6, 6.07) is 7.54. The molecule has 1 aromatic heterocycles. The molecule has 1 heterocycles. The zero-order valence-corrected chi connectivity index (χ0v) is 8.78. The predicted octanol–water partition coefficient (Wildman–Crippen LogP) is 2.21. The molecule has 76 valence electrons. The fourth-order valence-corrected chi connectivity index (χ4v) is 1.87. The molecule has 0 unspecified atom stereocenters. The first-order chi connectivity index (χ1) is 7.18. The van der Waals surface area contributed by atoms with Gasteiger partial charge in [-0.05, 0) is 13.0 Å². The molecule has 0 fully saturated rings. The minimum absolute atomic E-state index is 0.0191. The zero-order chi connectivity index (χ0) is 10.8. The van der Waals surface area contributed by atoms with Gasteiger partial charge in [0.25, 0.3) is 0 Å². The van der Waals surface area contributed by atoms with Crippen LogP contribution in [0.25, 0.3) is 11.3 Å². The van der Waals surface area contributed by atoms with Crippen molar-refractivity contribution in [2.24, 2.45) is 0 Å². The number of aryl methyl sites for hydroxylation is 1. The summed E-state index contributed by atoms with van der Waals surface area (Å²) in [4.78, 5) is 10.8. The van der Waals surface area contributed by atoms with Gasteiger partial charge in [-0.2, -0.15) is 8.75 Å². The standard InChI is InChI=1S/C10H8N2O2S/c1-6-3-2-4-7(5-6)8-9(10(13)14)12-15-11-8/h2-5H,1H3,(H,13,14). The second-order valence-corrected chi connectivity index (χ2v) is 3.66. The van der Waals surface area contributed by atoms with Crippen LogP contribution in [0.3, 0.4) is 0 Å². The third-order valence-corrected chi connectivity index (χ3v) is 2.51. The van der Waals surface area contributed by atoms with Gasteiger partial charge in [-0.1, -0.05) is 23.8 Å². The van der Waals surface area contributed by atoms with Crippen LogP contribution in [0.5, 0.6) is 0 Å². The number of aromatic nitrogens is 2. The van der Waals surface area contributed by atoms with Gasteiger partial charge < -0.3 is 5.11 Å². The van der Waals surface area contributed by atoms with Gasteiger partial charge in [0.1, 0.15) is 5.69 Å². The Balaban J connectivity index is 2.54. The van der Waals surface area contributed by atoms with Gasteiger partial charge >= 0.3 is 5.97 Å². The fraction of sp³-hybridized carbons (Fsp3) is 0.100. The van der Waals surface area contributed by atoms with Crippen molar-refractivity contribution in [2.75, 3.05) is 0 Å². The van der Waals surface area contributed by atoms with Crippen LogP contribution >= 0.6 is 11.7 Å². The molecule has 1 aromatic carbocycles. The van der Waals surface area contributed by atoms with Gasteiger partial charge in [-0.25, -0.2) is 4.79 Å². The second-order valence-electron chi connectivity index (χ2n) is 3.14. The van der Waals surface area contributed by atoms with Crippen molar-refractivity contribution in [3.05, 3.63) is 35.5 Å². The Kier molecular flexibility index (Phi) is 2.47. The lowest BCUT2D eigenvalue weighted by atomic mass is 10.1. The van der Waals surface area contributed by atoms with E-state index >= 15 is 0 Å². The largest absolute Gasteiger partial charge is 0.476 e. The number of carboxylic acids is 1. The SMILES string of the molecule is Cc1cccc(-c2nsnc2C(=O)O)c1. The molecule has 0 aliphatic rings. The fourth-order valence-electron chi connectivity index (χ4n) is 1.31. The Morgan fingerprint density at radius 2 is 2.20 bits per heavy atom. The number of rotatable bonds is 2. The summed E-state index contributed by atoms with van der Waals surface area (Å²) in [5.74, 6) is -1.04. The Morgan fingerprint density at radius 1 is 1.40 bits per heavy atom. The number of hydrogen-bond acceptors (Lipinski definition) is 4. The summed E-state index contributed by atoms with van der Waals surface area (Å²) in [7, 11) is 0. The van der Waals surface area contributed by atoms with Crippen molar-refractivity contribution < 1.29 is 9.90 Å². The molecular formula is C10H8N2O2S. The molecule has 0 aliphatic carbocycles. The van der Waals surface area contributed by atoms with Crippen LogP contribution < -0.4 is 0 Å². The van der Waals surface area contributed by atoms with E-state index in [4.69, 9.17) is 5.11 Å². The lowest BCUT2D eigenvalue weighted by molar-refractivity contribution is 0.0692. The summed E-state index contributed by atoms with van der Waals surface area (Å²) in [6.45, 7) is 1.95. The van der Waals surface area contributed by atoms with E-state index in [1.54, 1.807) is 0 Å². The summed E-state index contributed by atoms with van der Waals surface area (Å²) >= 11 is 0.914. The number of carbonyl (C=O) groups is 1. The van der Waals surface area contributed by atoms with Crippen LogP contribution in [-0.4, -0.2) is 19.8 Å². The van der Waals surface area contributed by atoms with E-state index < -0.39 is 5.97 Å². The summed E-state index contributed by atoms with van der Waals surface area (Å²) < 4.78 is 7.75. The van der Waals surface area contributed by atoms with Crippen LogP contribution in [0.2, 0.25) is 0 Å². The second kappa shape index (κ2) is 3.78. The predicted molar refractivity (Wildman–Crippen MR) is 57.0 cm³/mol. The molecule has 15 heavy (non-hydrogen) atoms. The maximum absolute atomic E-state index is 10.8. The van der Waals surface area contributed by atoms with Gasteiger partial charge in [0.2, 0.25) is 0 Å². The molecule has 0 bridgehead atoms. The molecule has 5 heteroatoms. The highest BCUT2D eigenvalue weighted by Crippen LogP contribution is 2.22. The molecule has 0 spiro atoms. The van der Waals surface area contributed by atoms with Crippen molar-refractivity contribution in [2.45, 2.75) is 6.92 Å². The van der Waals surface area contributed by atoms with E-state index in [1.807, 2.05) is 31.2 Å². The Bertz CT molecular complexity index is 508. The summed E-state index contributed by atoms with van der Waals surface area (Å²) in [5.41, 5.74) is 2.32. The highest BCUT2D eigenvalue weighted by Gasteiger charge is 2.16. The van der Waals surface area contributed by atoms with E-state index in [2.05, 4.69) is 8.75 Å². The lowest BCUT2D eigenvalue weighted by Gasteiger charge is -1.98. The van der Waals surface area contributed by atoms with Crippen molar-refractivity contribution >= 4 is 17.7 Å². The zero-order valence-electron chi connectivity index (χ0n) is 7.97. The van der Waals surface area contributed by atoms with Crippen molar-refractivity contribution in [3.63, 3.8) is 0 Å². The number of aromatic carboxylic acids is 1. The Morgan fingerprint density at radius 3 is 2.87 bits per heavy atom. The van der Waals surface area contributed by atoms with Crippen molar-refractivity contribution in [1.82, 2.24) is 8.75 Å². The Hall–Kier alpha value is -1.75. The van der Waals surface area contributed by atoms with Gasteiger partial charge in [0.05, 0.1) is 11.7 Å². The first-order valence-corrected chi connectivity index (χ1v) is 5.04. The highest BCUT2D eigenvalue weighted by molar-refractivity contribution is 6.99. The smallest absolute Gasteiger partial charge is 0.357 e. The third kappa shape index (κ3) is 1.87. The molecule has 0 aliphatic heterocycles. The van der Waals surface area contributed by atoms with Gasteiger partial charge in [-0.15, -0.1) is 0 Å². The maximum atomic E-state index is 10.8. The number of carboxylic acid groups (broad SMARTS) is 1. The molecule has 2 aromatic rings. The van der Waals surface area contributed by atoms with Crippen LogP contribution in [0.15, 0.2) is 24.3 Å². The van der Waals surface area contributed by atoms with Crippen LogP contribution in [0.1, 0.15) is 16.1 Å². The molecule has 0 amide bonds. The van der Waals surface area contributed by atoms with Gasteiger partial charge in [0, 0.05) is 5.56 Å². The molecule has 0 saturated heterocycles. The first-order valence-electron chi connectivity index (χ1n) is 4.31. The van der Waals surface area contributed by atoms with Gasteiger partial charge in [-0.3, -0.25) is 0 Å². The Labute approximate surface area is 90.5 Å². The topological polar surface area (TPSA) is 63.1 Å². The highest BCUT2D eigenvalue weighted by atomic mass is 32.1. The number of hydrogen-bond donors (Lipinski definition) is 1. The van der Waals surface area contributed by atoms with E-state index in [9.17, 15) is 4.79 Å². The van der Waals surface area contributed by atoms with E-state index in [0.29, 0.717) is 5.69 Å². The lowest BCUT2D eigenvalue weighted by Crippen LogP contribution is -1.99. The van der Waals surface area contributed by atoms with Gasteiger partial charge in [0.15, 0.2) is 5.69 Å². The van der Waals surface area contributed by atoms with Crippen molar-refractivity contribution in [3.8, 4) is 11.3 Å². The minimum atomic E-state index is -1.04. The maximum Gasteiger partial charge on any atom is 0.357 e. The average molecular weight is 220 g/mol. The minimum Gasteiger partial charge on any atom is -0.476 e. The van der Waals surface area contributed by atoms with Crippen LogP contribution in [0, 0.1) is 6.92 Å².